The van der Waals surface area contributed by atoms with Crippen LogP contribution in [0.5, 0.6) is 0 Å². The fraction of sp³-hybridized carbons (Fsp3) is 0.452. The monoisotopic (exact) mass is 1010 g/mol. The van der Waals surface area contributed by atoms with E-state index in [1.807, 2.05) is 86.7 Å². The molecule has 0 saturated carbocycles. The van der Waals surface area contributed by atoms with E-state index in [1.165, 1.54) is 62.8 Å². The molecule has 2 amide bonds. The Kier molecular flexibility index (Phi) is 22.3. The van der Waals surface area contributed by atoms with Crippen LogP contribution in [-0.2, 0) is 51.9 Å². The fourth-order valence-electron chi connectivity index (χ4n) is 10.9. The number of amides is 2. The van der Waals surface area contributed by atoms with E-state index in [0.29, 0.717) is 33.4 Å². The van der Waals surface area contributed by atoms with Crippen molar-refractivity contribution in [3.63, 3.8) is 0 Å². The molecule has 4 atom stereocenters. The molecule has 2 aliphatic carbocycles. The third-order valence-corrected chi connectivity index (χ3v) is 22.6. The Labute approximate surface area is 426 Å². The molecule has 2 N–H and O–H groups in total. The summed E-state index contributed by atoms with van der Waals surface area (Å²) in [6.07, 6.45) is 27.6. The number of allylic oxidation sites excluding steroid dienone is 8. The molecule has 4 nitrogen and oxygen atoms in total. The fourth-order valence-corrected chi connectivity index (χ4v) is 19.2. The van der Waals surface area contributed by atoms with E-state index < -0.39 is 51.9 Å². The van der Waals surface area contributed by atoms with Gasteiger partial charge in [0.2, 0.25) is 0 Å². The molecule has 0 aromatic heterocycles. The number of carbonyl (C=O) groups excluding carboxylic acids is 2. The number of carbonyl (C=O) groups is 2. The summed E-state index contributed by atoms with van der Waals surface area (Å²) >= 11 is -5.16. The summed E-state index contributed by atoms with van der Waals surface area (Å²) in [4.78, 5) is 28.1. The van der Waals surface area contributed by atoms with Crippen LogP contribution in [-0.4, -0.2) is 23.9 Å². The molecule has 4 aromatic rings. The van der Waals surface area contributed by atoms with E-state index in [4.69, 9.17) is 0 Å². The maximum atomic E-state index is 17.9. The molecule has 9 heteroatoms. The summed E-state index contributed by atoms with van der Waals surface area (Å²) in [5.41, 5.74) is 2.50. The van der Waals surface area contributed by atoms with Crippen molar-refractivity contribution in [2.75, 3.05) is 0 Å². The Bertz CT molecular complexity index is 2290. The van der Waals surface area contributed by atoms with E-state index in [9.17, 15) is 9.59 Å². The number of nitrogens with one attached hydrogen (secondary N) is 2. The second-order valence-electron chi connectivity index (χ2n) is 20.3. The molecule has 0 radical (unpaired) electrons. The topological polar surface area (TPSA) is 58.2 Å². The first-order valence-corrected chi connectivity index (χ1v) is 30.0. The third-order valence-electron chi connectivity index (χ3n) is 14.6. The molecule has 0 bridgehead atoms. The summed E-state index contributed by atoms with van der Waals surface area (Å²) in [5.74, 6) is -4.09. The summed E-state index contributed by atoms with van der Waals surface area (Å²) < 4.78 is 70.6. The molecule has 0 fully saturated rings. The van der Waals surface area contributed by atoms with Gasteiger partial charge >= 0.3 is 364 Å². The quantitative estimate of drug-likeness (QED) is 0.0311. The Morgan fingerprint density at radius 2 is 0.887 bits per heavy atom. The molecule has 0 aliphatic heterocycles. The standard InChI is InChI=1S/2C26H34F2NO.2C5H5.Ti/c2*1-3-4-5-6-7-11-14-23(18-21-12-9-8-10-13-21)26(30)29-20(2)17-22-15-16-24(27)19-25(22)28;2*1-2-4-5-3-1;/h2*8-10,12-13,15-16,20,23H,3-7,11,14,17-18H2,1-2H3,(H,29,30);2*1-3H,4H2;. The first-order valence-electron chi connectivity index (χ1n) is 26.8. The van der Waals surface area contributed by atoms with Crippen molar-refractivity contribution in [3.05, 3.63) is 175 Å². The molecule has 0 saturated heterocycles. The summed E-state index contributed by atoms with van der Waals surface area (Å²) in [6.45, 7) is 8.04. The molecule has 0 heterocycles. The van der Waals surface area contributed by atoms with Crippen molar-refractivity contribution in [1.29, 1.82) is 0 Å². The van der Waals surface area contributed by atoms with E-state index in [-0.39, 0.29) is 55.4 Å². The second kappa shape index (κ2) is 28.5. The van der Waals surface area contributed by atoms with Gasteiger partial charge in [-0.25, -0.2) is 0 Å². The van der Waals surface area contributed by atoms with Crippen molar-refractivity contribution < 1.29 is 43.7 Å². The summed E-state index contributed by atoms with van der Waals surface area (Å²) in [7, 11) is 0. The zero-order valence-electron chi connectivity index (χ0n) is 42.8. The summed E-state index contributed by atoms with van der Waals surface area (Å²) in [6, 6.07) is 24.2. The maximum absolute atomic E-state index is 17.9. The van der Waals surface area contributed by atoms with Gasteiger partial charge in [-0.2, -0.15) is 0 Å². The molecule has 6 rings (SSSR count). The number of halogens is 4. The van der Waals surface area contributed by atoms with Crippen molar-refractivity contribution >= 4 is 19.6 Å². The zero-order valence-corrected chi connectivity index (χ0v) is 44.4. The number of rotatable bonds is 30. The Morgan fingerprint density at radius 1 is 0.507 bits per heavy atom. The van der Waals surface area contributed by atoms with Crippen LogP contribution < -0.4 is 18.4 Å². The molecule has 2 aliphatic rings. The molecular weight excluding hydrogens is 929 g/mol. The van der Waals surface area contributed by atoms with Gasteiger partial charge in [-0.05, 0) is 0 Å². The van der Waals surface area contributed by atoms with Crippen molar-refractivity contribution in [1.82, 2.24) is 10.6 Å². The molecule has 380 valence electrons. The molecular formula is C62H78F4N2O2Ti. The Morgan fingerprint density at radius 3 is 1.25 bits per heavy atom. The van der Waals surface area contributed by atoms with E-state index in [2.05, 4.69) is 24.5 Å². The van der Waals surface area contributed by atoms with Gasteiger partial charge in [-0.3, -0.25) is 0 Å². The van der Waals surface area contributed by atoms with Crippen LogP contribution in [0.15, 0.2) is 129 Å². The Balaban J connectivity index is 1.29. The van der Waals surface area contributed by atoms with Crippen LogP contribution in [0.2, 0.25) is 0 Å². The average Bonchev–Trinajstić information content (AvgIpc) is 4.12. The van der Waals surface area contributed by atoms with Gasteiger partial charge in [0.1, 0.15) is 0 Å². The van der Waals surface area contributed by atoms with Crippen LogP contribution in [0.4, 0.5) is 17.6 Å². The van der Waals surface area contributed by atoms with E-state index in [1.54, 1.807) is 24.3 Å². The molecule has 4 unspecified atom stereocenters. The molecule has 71 heavy (non-hydrogen) atoms. The number of benzene rings is 4. The number of hydrogen-bond acceptors (Lipinski definition) is 2. The van der Waals surface area contributed by atoms with Crippen LogP contribution in [0.25, 0.3) is 0 Å². The summed E-state index contributed by atoms with van der Waals surface area (Å²) in [5, 5.41) is 6.34. The van der Waals surface area contributed by atoms with Crippen LogP contribution >= 0.6 is 0 Å². The third kappa shape index (κ3) is 15.1. The predicted octanol–water partition coefficient (Wildman–Crippen LogP) is 14.3. The molecule has 4 aromatic carbocycles. The van der Waals surface area contributed by atoms with E-state index >= 15 is 17.6 Å². The van der Waals surface area contributed by atoms with Crippen molar-refractivity contribution in [3.8, 4) is 0 Å². The van der Waals surface area contributed by atoms with Crippen LogP contribution in [0.3, 0.4) is 0 Å². The minimum atomic E-state index is -5.16. The minimum absolute atomic E-state index is 0.0547. The Hall–Kier alpha value is -4.79. The first kappa shape index (κ1) is 55.5. The van der Waals surface area contributed by atoms with Crippen LogP contribution in [0.1, 0.15) is 153 Å². The number of unbranched alkanes of at least 4 members (excludes halogenated alkanes) is 10. The van der Waals surface area contributed by atoms with Crippen molar-refractivity contribution in [2.24, 2.45) is 11.8 Å². The van der Waals surface area contributed by atoms with Gasteiger partial charge in [-0.15, -0.1) is 0 Å². The number of hydrogen-bond donors (Lipinski definition) is 2. The average molecular weight is 1010 g/mol. The van der Waals surface area contributed by atoms with Gasteiger partial charge < -0.3 is 0 Å². The molecule has 0 spiro atoms. The van der Waals surface area contributed by atoms with Gasteiger partial charge in [0.15, 0.2) is 0 Å². The zero-order chi connectivity index (χ0) is 50.6. The van der Waals surface area contributed by atoms with Gasteiger partial charge in [0.25, 0.3) is 0 Å². The van der Waals surface area contributed by atoms with Crippen LogP contribution in [0, 0.1) is 35.1 Å². The SMILES string of the molecule is CCCCCCCCC(Cc1ccccc1)C(=O)NC(C)Cc1ccc(F)[c]([Ti]([C]2=CC=CC2)([C]2=CC=CC2)[c]2c(F)ccc(CC(C)NC(=O)C(CCCCCCCC)Cc3ccccc3)c2F)c1F. The van der Waals surface area contributed by atoms with Crippen molar-refractivity contribution in [2.45, 2.75) is 168 Å². The first-order chi connectivity index (χ1) is 34.5. The van der Waals surface area contributed by atoms with Gasteiger partial charge in [0, 0.05) is 0 Å². The second-order valence-corrected chi connectivity index (χ2v) is 26.2. The normalized spacial score (nSPS) is 15.0. The van der Waals surface area contributed by atoms with Gasteiger partial charge in [0.05, 0.1) is 0 Å². The predicted molar refractivity (Wildman–Crippen MR) is 282 cm³/mol. The van der Waals surface area contributed by atoms with E-state index in [0.717, 1.165) is 62.5 Å². The van der Waals surface area contributed by atoms with Gasteiger partial charge in [-0.1, -0.05) is 64.5 Å².